The number of hydrogen-bond acceptors (Lipinski definition) is 2. The second kappa shape index (κ2) is 6.30. The minimum absolute atomic E-state index is 0.104. The molecule has 0 bridgehead atoms. The Labute approximate surface area is 124 Å². The van der Waals surface area contributed by atoms with Crippen molar-refractivity contribution in [3.8, 4) is 0 Å². The van der Waals surface area contributed by atoms with Gasteiger partial charge < -0.3 is 4.90 Å². The van der Waals surface area contributed by atoms with Gasteiger partial charge in [-0.1, -0.05) is 12.1 Å². The summed E-state index contributed by atoms with van der Waals surface area (Å²) < 4.78 is 14.2. The van der Waals surface area contributed by atoms with E-state index in [1.54, 1.807) is 28.4 Å². The van der Waals surface area contributed by atoms with Crippen LogP contribution < -0.4 is 0 Å². The molecule has 0 spiro atoms. The number of benzene rings is 1. The fourth-order valence-electron chi connectivity index (χ4n) is 1.76. The first-order valence-electron chi connectivity index (χ1n) is 5.89. The van der Waals surface area contributed by atoms with Crippen molar-refractivity contribution < 1.29 is 9.18 Å². The maximum Gasteiger partial charge on any atom is 0.257 e. The number of thiophene rings is 1. The van der Waals surface area contributed by atoms with Gasteiger partial charge in [-0.25, -0.2) is 4.39 Å². The van der Waals surface area contributed by atoms with E-state index in [2.05, 4.69) is 15.9 Å². The summed E-state index contributed by atoms with van der Waals surface area (Å²) in [7, 11) is 0. The van der Waals surface area contributed by atoms with Crippen molar-refractivity contribution >= 4 is 33.2 Å². The SMILES string of the molecule is CCN(Cc1cccs1)C(=O)c1cccc(Br)c1F. The number of carbonyl (C=O) groups is 1. The average molecular weight is 342 g/mol. The normalized spacial score (nSPS) is 10.5. The van der Waals surface area contributed by atoms with Crippen LogP contribution in [-0.4, -0.2) is 17.4 Å². The average Bonchev–Trinajstić information content (AvgIpc) is 2.91. The molecule has 5 heteroatoms. The molecule has 0 aliphatic carbocycles. The van der Waals surface area contributed by atoms with E-state index in [0.29, 0.717) is 17.6 Å². The summed E-state index contributed by atoms with van der Waals surface area (Å²) in [4.78, 5) is 15.1. The Balaban J connectivity index is 2.23. The fourth-order valence-corrected chi connectivity index (χ4v) is 2.84. The van der Waals surface area contributed by atoms with Gasteiger partial charge in [-0.2, -0.15) is 0 Å². The highest BCUT2D eigenvalue weighted by Gasteiger charge is 2.19. The Hall–Kier alpha value is -1.20. The van der Waals surface area contributed by atoms with Gasteiger partial charge in [0.05, 0.1) is 16.6 Å². The van der Waals surface area contributed by atoms with E-state index in [0.717, 1.165) is 4.88 Å². The Morgan fingerprint density at radius 2 is 2.16 bits per heavy atom. The minimum atomic E-state index is -0.503. The van der Waals surface area contributed by atoms with Crippen LogP contribution >= 0.6 is 27.3 Å². The number of carbonyl (C=O) groups excluding carboxylic acids is 1. The lowest BCUT2D eigenvalue weighted by molar-refractivity contribution is 0.0749. The van der Waals surface area contributed by atoms with E-state index in [1.807, 2.05) is 24.4 Å². The van der Waals surface area contributed by atoms with Crippen molar-refractivity contribution in [1.29, 1.82) is 0 Å². The molecule has 2 nitrogen and oxygen atoms in total. The molecule has 0 saturated carbocycles. The number of halogens is 2. The second-order valence-corrected chi connectivity index (χ2v) is 5.89. The molecule has 0 N–H and O–H groups in total. The second-order valence-electron chi connectivity index (χ2n) is 4.00. The number of hydrogen-bond donors (Lipinski definition) is 0. The number of rotatable bonds is 4. The van der Waals surface area contributed by atoms with Gasteiger partial charge in [-0.3, -0.25) is 4.79 Å². The third kappa shape index (κ3) is 3.22. The van der Waals surface area contributed by atoms with Gasteiger partial charge >= 0.3 is 0 Å². The molecule has 0 aliphatic rings. The number of amides is 1. The maximum absolute atomic E-state index is 13.9. The van der Waals surface area contributed by atoms with Gasteiger partial charge in [-0.05, 0) is 46.4 Å². The molecule has 1 heterocycles. The van der Waals surface area contributed by atoms with Crippen LogP contribution in [0.15, 0.2) is 40.2 Å². The Kier molecular flexibility index (Phi) is 4.71. The van der Waals surface area contributed by atoms with Crippen molar-refractivity contribution in [3.05, 3.63) is 56.4 Å². The largest absolute Gasteiger partial charge is 0.334 e. The predicted octanol–water partition coefficient (Wildman–Crippen LogP) is 4.31. The molecule has 2 rings (SSSR count). The van der Waals surface area contributed by atoms with Crippen LogP contribution in [0.5, 0.6) is 0 Å². The van der Waals surface area contributed by atoms with E-state index in [1.165, 1.54) is 6.07 Å². The molecule has 19 heavy (non-hydrogen) atoms. The molecule has 0 fully saturated rings. The van der Waals surface area contributed by atoms with Gasteiger partial charge in [0, 0.05) is 11.4 Å². The topological polar surface area (TPSA) is 20.3 Å². The van der Waals surface area contributed by atoms with Gasteiger partial charge in [-0.15, -0.1) is 11.3 Å². The third-order valence-corrected chi connectivity index (χ3v) is 4.25. The molecule has 1 aromatic heterocycles. The molecule has 0 unspecified atom stereocenters. The highest BCUT2D eigenvalue weighted by Crippen LogP contribution is 2.21. The molecule has 0 atom stereocenters. The third-order valence-electron chi connectivity index (χ3n) is 2.78. The van der Waals surface area contributed by atoms with E-state index in [9.17, 15) is 9.18 Å². The molecule has 100 valence electrons. The summed E-state index contributed by atoms with van der Waals surface area (Å²) >= 11 is 4.69. The first kappa shape index (κ1) is 14.2. The molecule has 0 saturated heterocycles. The van der Waals surface area contributed by atoms with E-state index < -0.39 is 5.82 Å². The molecule has 2 aromatic rings. The lowest BCUT2D eigenvalue weighted by atomic mass is 10.2. The monoisotopic (exact) mass is 341 g/mol. The molecule has 1 amide bonds. The van der Waals surface area contributed by atoms with E-state index in [-0.39, 0.29) is 11.5 Å². The van der Waals surface area contributed by atoms with Gasteiger partial charge in [0.25, 0.3) is 5.91 Å². The predicted molar refractivity (Wildman–Crippen MR) is 78.8 cm³/mol. The fraction of sp³-hybridized carbons (Fsp3) is 0.214. The van der Waals surface area contributed by atoms with Crippen LogP contribution in [-0.2, 0) is 6.54 Å². The summed E-state index contributed by atoms with van der Waals surface area (Å²) in [5.74, 6) is -0.785. The van der Waals surface area contributed by atoms with Crippen LogP contribution in [0.25, 0.3) is 0 Å². The van der Waals surface area contributed by atoms with Crippen molar-refractivity contribution in [3.63, 3.8) is 0 Å². The van der Waals surface area contributed by atoms with Crippen LogP contribution in [0.2, 0.25) is 0 Å². The Bertz CT molecular complexity index is 571. The molecular formula is C14H13BrFNOS. The summed E-state index contributed by atoms with van der Waals surface area (Å²) in [6.45, 7) is 2.95. The van der Waals surface area contributed by atoms with E-state index >= 15 is 0 Å². The Morgan fingerprint density at radius 3 is 2.79 bits per heavy atom. The highest BCUT2D eigenvalue weighted by atomic mass is 79.9. The molecule has 1 aromatic carbocycles. The molecule has 0 radical (unpaired) electrons. The Morgan fingerprint density at radius 1 is 1.37 bits per heavy atom. The number of nitrogens with zero attached hydrogens (tertiary/aromatic N) is 1. The van der Waals surface area contributed by atoms with Gasteiger partial charge in [0.1, 0.15) is 5.82 Å². The zero-order valence-electron chi connectivity index (χ0n) is 10.4. The van der Waals surface area contributed by atoms with Gasteiger partial charge in [0.2, 0.25) is 0 Å². The van der Waals surface area contributed by atoms with Crippen LogP contribution in [0.1, 0.15) is 22.2 Å². The molecular weight excluding hydrogens is 329 g/mol. The van der Waals surface area contributed by atoms with Crippen molar-refractivity contribution in [1.82, 2.24) is 4.90 Å². The standard InChI is InChI=1S/C14H13BrFNOS/c1-2-17(9-10-5-4-8-19-10)14(18)11-6-3-7-12(15)13(11)16/h3-8H,2,9H2,1H3. The van der Waals surface area contributed by atoms with Crippen LogP contribution in [0.4, 0.5) is 4.39 Å². The van der Waals surface area contributed by atoms with Crippen molar-refractivity contribution in [2.45, 2.75) is 13.5 Å². The van der Waals surface area contributed by atoms with Crippen LogP contribution in [0, 0.1) is 5.82 Å². The smallest absolute Gasteiger partial charge is 0.257 e. The lowest BCUT2D eigenvalue weighted by Gasteiger charge is -2.20. The zero-order chi connectivity index (χ0) is 13.8. The first-order chi connectivity index (χ1) is 9.13. The minimum Gasteiger partial charge on any atom is -0.334 e. The summed E-state index contributed by atoms with van der Waals surface area (Å²) in [5.41, 5.74) is 0.104. The van der Waals surface area contributed by atoms with Crippen LogP contribution in [0.3, 0.4) is 0 Å². The zero-order valence-corrected chi connectivity index (χ0v) is 12.8. The summed E-state index contributed by atoms with van der Waals surface area (Å²) in [6.07, 6.45) is 0. The first-order valence-corrected chi connectivity index (χ1v) is 7.56. The lowest BCUT2D eigenvalue weighted by Crippen LogP contribution is -2.30. The molecule has 0 aliphatic heterocycles. The maximum atomic E-state index is 13.9. The quantitative estimate of drug-likeness (QED) is 0.811. The van der Waals surface area contributed by atoms with Crippen molar-refractivity contribution in [2.75, 3.05) is 6.54 Å². The van der Waals surface area contributed by atoms with Crippen molar-refractivity contribution in [2.24, 2.45) is 0 Å². The highest BCUT2D eigenvalue weighted by molar-refractivity contribution is 9.10. The van der Waals surface area contributed by atoms with E-state index in [4.69, 9.17) is 0 Å². The van der Waals surface area contributed by atoms with Gasteiger partial charge in [0.15, 0.2) is 0 Å². The summed E-state index contributed by atoms with van der Waals surface area (Å²) in [6, 6.07) is 8.68. The summed E-state index contributed by atoms with van der Waals surface area (Å²) in [5, 5.41) is 1.97.